The topological polar surface area (TPSA) is 18.5 Å². The Balaban J connectivity index is 2.38. The van der Waals surface area contributed by atoms with Crippen LogP contribution in [-0.2, 0) is 4.74 Å². The fourth-order valence-corrected chi connectivity index (χ4v) is 2.67. The maximum absolute atomic E-state index is 6.21. The van der Waals surface area contributed by atoms with Crippen molar-refractivity contribution in [3.05, 3.63) is 28.8 Å². The number of halogens is 2. The molecule has 1 aromatic rings. The summed E-state index contributed by atoms with van der Waals surface area (Å²) in [5.41, 5.74) is 0.926. The Kier molecular flexibility index (Phi) is 3.95. The van der Waals surface area contributed by atoms with Crippen molar-refractivity contribution in [3.63, 3.8) is 0 Å². The van der Waals surface area contributed by atoms with Gasteiger partial charge in [-0.05, 0) is 18.6 Å². The number of ether oxygens (including phenoxy) is 2. The molecule has 2 rings (SSSR count). The number of hydrogen-bond acceptors (Lipinski definition) is 2. The number of rotatable bonds is 3. The minimum Gasteiger partial charge on any atom is -0.496 e. The maximum atomic E-state index is 6.21. The molecule has 1 fully saturated rings. The van der Waals surface area contributed by atoms with Gasteiger partial charge in [0.05, 0.1) is 18.2 Å². The molecule has 0 aliphatic carbocycles. The first-order valence-electron chi connectivity index (χ1n) is 5.28. The van der Waals surface area contributed by atoms with Gasteiger partial charge in [0.15, 0.2) is 0 Å². The summed E-state index contributed by atoms with van der Waals surface area (Å²) < 4.78 is 11.0. The molecule has 0 N–H and O–H groups in total. The Bertz CT molecular complexity index is 368. The smallest absolute Gasteiger partial charge is 0.126 e. The van der Waals surface area contributed by atoms with Crippen LogP contribution in [-0.4, -0.2) is 19.6 Å². The van der Waals surface area contributed by atoms with Crippen LogP contribution in [0.25, 0.3) is 0 Å². The van der Waals surface area contributed by atoms with E-state index in [1.54, 1.807) is 7.11 Å². The van der Waals surface area contributed by atoms with E-state index in [2.05, 4.69) is 0 Å². The van der Waals surface area contributed by atoms with Crippen molar-refractivity contribution in [1.82, 2.24) is 0 Å². The Morgan fingerprint density at radius 3 is 3.00 bits per heavy atom. The van der Waals surface area contributed by atoms with Crippen molar-refractivity contribution in [3.8, 4) is 5.75 Å². The minimum absolute atomic E-state index is 0.0406. The van der Waals surface area contributed by atoms with E-state index in [-0.39, 0.29) is 6.10 Å². The van der Waals surface area contributed by atoms with Gasteiger partial charge in [-0.15, -0.1) is 11.6 Å². The van der Waals surface area contributed by atoms with E-state index >= 15 is 0 Å². The molecular formula is C12H14Cl2O2. The lowest BCUT2D eigenvalue weighted by Crippen LogP contribution is -2.10. The largest absolute Gasteiger partial charge is 0.496 e. The molecule has 2 atom stereocenters. The van der Waals surface area contributed by atoms with Crippen LogP contribution in [0.4, 0.5) is 0 Å². The molecule has 2 unspecified atom stereocenters. The summed E-state index contributed by atoms with van der Waals surface area (Å²) in [7, 11) is 1.64. The van der Waals surface area contributed by atoms with Gasteiger partial charge in [0.1, 0.15) is 5.75 Å². The lowest BCUT2D eigenvalue weighted by molar-refractivity contribution is 0.0929. The Morgan fingerprint density at radius 1 is 1.50 bits per heavy atom. The molecule has 1 heterocycles. The first kappa shape index (κ1) is 12.0. The van der Waals surface area contributed by atoms with Crippen molar-refractivity contribution < 1.29 is 9.47 Å². The minimum atomic E-state index is -0.0406. The normalized spacial score (nSPS) is 24.7. The van der Waals surface area contributed by atoms with Crippen LogP contribution >= 0.6 is 23.2 Å². The molecule has 2 nitrogen and oxygen atoms in total. The summed E-state index contributed by atoms with van der Waals surface area (Å²) in [5, 5.41) is 0.682. The first-order valence-corrected chi connectivity index (χ1v) is 6.19. The summed E-state index contributed by atoms with van der Waals surface area (Å²) in [6.45, 7) is 0.733. The molecule has 1 aromatic carbocycles. The highest BCUT2D eigenvalue weighted by Crippen LogP contribution is 2.42. The van der Waals surface area contributed by atoms with Gasteiger partial charge >= 0.3 is 0 Å². The van der Waals surface area contributed by atoms with Crippen LogP contribution in [0.2, 0.25) is 5.02 Å². The van der Waals surface area contributed by atoms with E-state index in [1.807, 2.05) is 18.2 Å². The SMILES string of the molecule is COc1cccc(Cl)c1C1OCCC1CCl. The molecule has 0 amide bonds. The van der Waals surface area contributed by atoms with Crippen LogP contribution in [0.5, 0.6) is 5.75 Å². The van der Waals surface area contributed by atoms with Crippen LogP contribution in [0.15, 0.2) is 18.2 Å². The zero-order valence-corrected chi connectivity index (χ0v) is 10.6. The molecule has 4 heteroatoms. The molecule has 0 aromatic heterocycles. The second kappa shape index (κ2) is 5.26. The van der Waals surface area contributed by atoms with Crippen molar-refractivity contribution in [2.45, 2.75) is 12.5 Å². The van der Waals surface area contributed by atoms with Crippen LogP contribution < -0.4 is 4.74 Å². The van der Waals surface area contributed by atoms with E-state index in [0.29, 0.717) is 16.8 Å². The molecule has 1 aliphatic rings. The molecule has 88 valence electrons. The van der Waals surface area contributed by atoms with Gasteiger partial charge < -0.3 is 9.47 Å². The molecule has 1 saturated heterocycles. The standard InChI is InChI=1S/C12H14Cl2O2/c1-15-10-4-2-3-9(14)11(10)12-8(7-13)5-6-16-12/h2-4,8,12H,5-7H2,1H3. The highest BCUT2D eigenvalue weighted by Gasteiger charge is 2.32. The third-order valence-corrected chi connectivity index (χ3v) is 3.66. The fraction of sp³-hybridized carbons (Fsp3) is 0.500. The summed E-state index contributed by atoms with van der Waals surface area (Å²) >= 11 is 12.1. The zero-order valence-electron chi connectivity index (χ0n) is 9.08. The lowest BCUT2D eigenvalue weighted by atomic mass is 9.96. The van der Waals surface area contributed by atoms with E-state index in [1.165, 1.54) is 0 Å². The number of methoxy groups -OCH3 is 1. The molecule has 0 bridgehead atoms. The van der Waals surface area contributed by atoms with Gasteiger partial charge in [-0.3, -0.25) is 0 Å². The third-order valence-electron chi connectivity index (χ3n) is 2.93. The Morgan fingerprint density at radius 2 is 2.31 bits per heavy atom. The average molecular weight is 261 g/mol. The zero-order chi connectivity index (χ0) is 11.5. The summed E-state index contributed by atoms with van der Waals surface area (Å²) in [5.74, 6) is 1.67. The quantitative estimate of drug-likeness (QED) is 0.773. The van der Waals surface area contributed by atoms with Crippen molar-refractivity contribution in [1.29, 1.82) is 0 Å². The van der Waals surface area contributed by atoms with E-state index in [9.17, 15) is 0 Å². The fourth-order valence-electron chi connectivity index (χ4n) is 2.08. The van der Waals surface area contributed by atoms with Gasteiger partial charge in [0.2, 0.25) is 0 Å². The van der Waals surface area contributed by atoms with Gasteiger partial charge in [0.25, 0.3) is 0 Å². The van der Waals surface area contributed by atoms with Crippen molar-refractivity contribution >= 4 is 23.2 Å². The third kappa shape index (κ3) is 2.15. The molecule has 0 radical (unpaired) electrons. The van der Waals surface area contributed by atoms with E-state index < -0.39 is 0 Å². The van der Waals surface area contributed by atoms with E-state index in [4.69, 9.17) is 32.7 Å². The van der Waals surface area contributed by atoms with Crippen LogP contribution in [0.1, 0.15) is 18.1 Å². The summed E-state index contributed by atoms with van der Waals surface area (Å²) in [4.78, 5) is 0. The molecule has 16 heavy (non-hydrogen) atoms. The van der Waals surface area contributed by atoms with E-state index in [0.717, 1.165) is 24.3 Å². The Labute approximate surface area is 105 Å². The van der Waals surface area contributed by atoms with Gasteiger partial charge in [0, 0.05) is 24.0 Å². The number of benzene rings is 1. The molecule has 1 aliphatic heterocycles. The Hall–Kier alpha value is -0.440. The number of alkyl halides is 1. The van der Waals surface area contributed by atoms with Gasteiger partial charge in [-0.2, -0.15) is 0 Å². The lowest BCUT2D eigenvalue weighted by Gasteiger charge is -2.20. The summed E-state index contributed by atoms with van der Waals surface area (Å²) in [6.07, 6.45) is 0.934. The summed E-state index contributed by atoms with van der Waals surface area (Å²) in [6, 6.07) is 5.62. The average Bonchev–Trinajstić information content (AvgIpc) is 2.76. The van der Waals surface area contributed by atoms with Crippen molar-refractivity contribution in [2.75, 3.05) is 19.6 Å². The van der Waals surface area contributed by atoms with Crippen molar-refractivity contribution in [2.24, 2.45) is 5.92 Å². The predicted molar refractivity (Wildman–Crippen MR) is 65.5 cm³/mol. The van der Waals surface area contributed by atoms with Crippen LogP contribution in [0.3, 0.4) is 0 Å². The molecule has 0 saturated carbocycles. The second-order valence-corrected chi connectivity index (χ2v) is 4.57. The van der Waals surface area contributed by atoms with Gasteiger partial charge in [-0.25, -0.2) is 0 Å². The molecule has 0 spiro atoms. The maximum Gasteiger partial charge on any atom is 0.126 e. The van der Waals surface area contributed by atoms with Gasteiger partial charge in [-0.1, -0.05) is 17.7 Å². The monoisotopic (exact) mass is 260 g/mol. The second-order valence-electron chi connectivity index (χ2n) is 3.85. The highest BCUT2D eigenvalue weighted by molar-refractivity contribution is 6.31. The predicted octanol–water partition coefficient (Wildman–Crippen LogP) is 3.67. The first-order chi connectivity index (χ1) is 7.77. The number of hydrogen-bond donors (Lipinski definition) is 0. The highest BCUT2D eigenvalue weighted by atomic mass is 35.5. The molecular weight excluding hydrogens is 247 g/mol. The van der Waals surface area contributed by atoms with Crippen LogP contribution in [0, 0.1) is 5.92 Å².